The molecule has 4 heteroatoms. The van der Waals surface area contributed by atoms with E-state index in [4.69, 9.17) is 0 Å². The van der Waals surface area contributed by atoms with Gasteiger partial charge in [0.25, 0.3) is 0 Å². The summed E-state index contributed by atoms with van der Waals surface area (Å²) in [4.78, 5) is 14.4. The summed E-state index contributed by atoms with van der Waals surface area (Å²) in [5.41, 5.74) is 2.25. The van der Waals surface area contributed by atoms with Gasteiger partial charge in [0.1, 0.15) is 0 Å². The van der Waals surface area contributed by atoms with Crippen molar-refractivity contribution >= 4 is 6.41 Å². The van der Waals surface area contributed by atoms with Gasteiger partial charge in [-0.15, -0.1) is 0 Å². The summed E-state index contributed by atoms with van der Waals surface area (Å²) < 4.78 is 2.05. The summed E-state index contributed by atoms with van der Waals surface area (Å²) >= 11 is 0. The van der Waals surface area contributed by atoms with Crippen molar-refractivity contribution < 1.29 is 4.79 Å². The van der Waals surface area contributed by atoms with Gasteiger partial charge in [-0.1, -0.05) is 30.3 Å². The summed E-state index contributed by atoms with van der Waals surface area (Å²) in [5, 5.41) is 2.63. The lowest BCUT2D eigenvalue weighted by Crippen LogP contribution is -2.14. The number of amides is 1. The Balaban J connectivity index is 1.92. The standard InChI is InChI=1S/C13H15N3O/c17-11-14-7-6-13-9-16(10-15-13)8-12-4-2-1-3-5-12/h1-5,9-11H,6-8H2,(H,14,17). The number of carbonyl (C=O) groups is 1. The number of nitrogens with zero attached hydrogens (tertiary/aromatic N) is 2. The Morgan fingerprint density at radius 3 is 2.88 bits per heavy atom. The van der Waals surface area contributed by atoms with Crippen LogP contribution in [0.15, 0.2) is 42.9 Å². The predicted molar refractivity (Wildman–Crippen MR) is 65.5 cm³/mol. The molecule has 0 bridgehead atoms. The van der Waals surface area contributed by atoms with E-state index in [1.807, 2.05) is 35.3 Å². The van der Waals surface area contributed by atoms with Gasteiger partial charge in [-0.2, -0.15) is 0 Å². The van der Waals surface area contributed by atoms with Crippen molar-refractivity contribution in [2.45, 2.75) is 13.0 Å². The second kappa shape index (κ2) is 5.84. The second-order valence-electron chi connectivity index (χ2n) is 3.84. The van der Waals surface area contributed by atoms with Crippen molar-refractivity contribution in [2.24, 2.45) is 0 Å². The molecule has 4 nitrogen and oxygen atoms in total. The molecule has 88 valence electrons. The smallest absolute Gasteiger partial charge is 0.207 e. The molecule has 0 spiro atoms. The molecule has 1 aromatic carbocycles. The van der Waals surface area contributed by atoms with E-state index in [1.165, 1.54) is 5.56 Å². The maximum Gasteiger partial charge on any atom is 0.207 e. The van der Waals surface area contributed by atoms with Crippen LogP contribution in [0, 0.1) is 0 Å². The highest BCUT2D eigenvalue weighted by Gasteiger charge is 1.99. The fraction of sp³-hybridized carbons (Fsp3) is 0.231. The summed E-state index contributed by atoms with van der Waals surface area (Å²) in [5.74, 6) is 0. The van der Waals surface area contributed by atoms with Crippen LogP contribution >= 0.6 is 0 Å². The van der Waals surface area contributed by atoms with Crippen LogP contribution in [0.5, 0.6) is 0 Å². The topological polar surface area (TPSA) is 46.9 Å². The molecule has 0 fully saturated rings. The van der Waals surface area contributed by atoms with Crippen LogP contribution in [0.3, 0.4) is 0 Å². The number of aromatic nitrogens is 2. The molecule has 1 aromatic heterocycles. The van der Waals surface area contributed by atoms with Gasteiger partial charge in [0.2, 0.25) is 6.41 Å². The summed E-state index contributed by atoms with van der Waals surface area (Å²) in [6.45, 7) is 1.46. The van der Waals surface area contributed by atoms with Gasteiger partial charge in [-0.05, 0) is 5.56 Å². The molecule has 0 atom stereocenters. The van der Waals surface area contributed by atoms with E-state index < -0.39 is 0 Å². The zero-order valence-electron chi connectivity index (χ0n) is 9.54. The molecule has 1 amide bonds. The SMILES string of the molecule is O=CNCCc1cn(Cc2ccccc2)cn1. The van der Waals surface area contributed by atoms with Gasteiger partial charge in [0.05, 0.1) is 12.0 Å². The van der Waals surface area contributed by atoms with Crippen LogP contribution in [0.1, 0.15) is 11.3 Å². The first-order valence-electron chi connectivity index (χ1n) is 5.60. The number of carbonyl (C=O) groups excluding carboxylic acids is 1. The number of nitrogens with one attached hydrogen (secondary N) is 1. The van der Waals surface area contributed by atoms with Crippen molar-refractivity contribution in [3.8, 4) is 0 Å². The third-order valence-electron chi connectivity index (χ3n) is 2.50. The fourth-order valence-electron chi connectivity index (χ4n) is 1.68. The summed E-state index contributed by atoms with van der Waals surface area (Å²) in [6.07, 6.45) is 5.31. The van der Waals surface area contributed by atoms with E-state index in [9.17, 15) is 4.79 Å². The summed E-state index contributed by atoms with van der Waals surface area (Å²) in [7, 11) is 0. The van der Waals surface area contributed by atoms with E-state index in [2.05, 4.69) is 22.4 Å². The lowest BCUT2D eigenvalue weighted by atomic mass is 10.2. The monoisotopic (exact) mass is 229 g/mol. The van der Waals surface area contributed by atoms with Crippen molar-refractivity contribution in [3.63, 3.8) is 0 Å². The molecule has 0 saturated carbocycles. The van der Waals surface area contributed by atoms with Crippen molar-refractivity contribution in [1.29, 1.82) is 0 Å². The molecular formula is C13H15N3O. The van der Waals surface area contributed by atoms with Crippen LogP contribution in [0.4, 0.5) is 0 Å². The Labute approximate surface area is 100 Å². The zero-order valence-corrected chi connectivity index (χ0v) is 9.54. The molecule has 0 aliphatic heterocycles. The fourth-order valence-corrected chi connectivity index (χ4v) is 1.68. The zero-order chi connectivity index (χ0) is 11.9. The summed E-state index contributed by atoms with van der Waals surface area (Å²) in [6, 6.07) is 10.2. The Morgan fingerprint density at radius 1 is 1.29 bits per heavy atom. The first-order valence-corrected chi connectivity index (χ1v) is 5.60. The Bertz CT molecular complexity index is 465. The minimum atomic E-state index is 0.631. The van der Waals surface area contributed by atoms with Gasteiger partial charge in [0, 0.05) is 25.7 Å². The maximum absolute atomic E-state index is 10.1. The molecule has 2 aromatic rings. The Hall–Kier alpha value is -2.10. The van der Waals surface area contributed by atoms with E-state index in [-0.39, 0.29) is 0 Å². The van der Waals surface area contributed by atoms with E-state index >= 15 is 0 Å². The lowest BCUT2D eigenvalue weighted by Gasteiger charge is -2.01. The molecule has 0 aliphatic carbocycles. The number of benzene rings is 1. The molecule has 17 heavy (non-hydrogen) atoms. The van der Waals surface area contributed by atoms with Crippen LogP contribution in [0.25, 0.3) is 0 Å². The minimum Gasteiger partial charge on any atom is -0.358 e. The quantitative estimate of drug-likeness (QED) is 0.598. The second-order valence-corrected chi connectivity index (χ2v) is 3.84. The Kier molecular flexibility index (Phi) is 3.91. The third kappa shape index (κ3) is 3.45. The van der Waals surface area contributed by atoms with Crippen molar-refractivity contribution in [2.75, 3.05) is 6.54 Å². The largest absolute Gasteiger partial charge is 0.358 e. The highest BCUT2D eigenvalue weighted by atomic mass is 16.1. The number of hydrogen-bond acceptors (Lipinski definition) is 2. The van der Waals surface area contributed by atoms with Crippen LogP contribution in [-0.4, -0.2) is 22.5 Å². The van der Waals surface area contributed by atoms with Crippen molar-refractivity contribution in [3.05, 3.63) is 54.1 Å². The number of imidazole rings is 1. The predicted octanol–water partition coefficient (Wildman–Crippen LogP) is 1.22. The normalized spacial score (nSPS) is 10.1. The van der Waals surface area contributed by atoms with Gasteiger partial charge in [-0.3, -0.25) is 4.79 Å². The van der Waals surface area contributed by atoms with Crippen molar-refractivity contribution in [1.82, 2.24) is 14.9 Å². The molecular weight excluding hydrogens is 214 g/mol. The van der Waals surface area contributed by atoms with Crippen LogP contribution in [-0.2, 0) is 17.8 Å². The number of hydrogen-bond donors (Lipinski definition) is 1. The molecule has 0 unspecified atom stereocenters. The van der Waals surface area contributed by atoms with E-state index in [1.54, 1.807) is 0 Å². The van der Waals surface area contributed by atoms with E-state index in [0.29, 0.717) is 13.0 Å². The Morgan fingerprint density at radius 2 is 2.12 bits per heavy atom. The molecule has 2 rings (SSSR count). The first kappa shape index (κ1) is 11.4. The third-order valence-corrected chi connectivity index (χ3v) is 2.50. The first-order chi connectivity index (χ1) is 8.38. The maximum atomic E-state index is 10.1. The highest BCUT2D eigenvalue weighted by molar-refractivity contribution is 5.45. The lowest BCUT2D eigenvalue weighted by molar-refractivity contribution is -0.109. The molecule has 0 aliphatic rings. The van der Waals surface area contributed by atoms with Gasteiger partial charge >= 0.3 is 0 Å². The van der Waals surface area contributed by atoms with Gasteiger partial charge in [0.15, 0.2) is 0 Å². The average molecular weight is 229 g/mol. The van der Waals surface area contributed by atoms with Gasteiger partial charge in [-0.25, -0.2) is 4.98 Å². The molecule has 0 saturated heterocycles. The molecule has 0 radical (unpaired) electrons. The van der Waals surface area contributed by atoms with Crippen LogP contribution in [0.2, 0.25) is 0 Å². The molecule has 1 heterocycles. The number of rotatable bonds is 6. The van der Waals surface area contributed by atoms with E-state index in [0.717, 1.165) is 18.7 Å². The highest BCUT2D eigenvalue weighted by Crippen LogP contribution is 2.04. The van der Waals surface area contributed by atoms with Gasteiger partial charge < -0.3 is 9.88 Å². The minimum absolute atomic E-state index is 0.631. The van der Waals surface area contributed by atoms with Crippen LogP contribution < -0.4 is 5.32 Å². The molecule has 1 N–H and O–H groups in total. The average Bonchev–Trinajstić information content (AvgIpc) is 2.79.